The number of rotatable bonds is 2. The third-order valence-corrected chi connectivity index (χ3v) is 2.02. The molecule has 0 aliphatic heterocycles. The third kappa shape index (κ3) is 2.03. The van der Waals surface area contributed by atoms with Gasteiger partial charge >= 0.3 is 5.97 Å². The molecule has 4 nitrogen and oxygen atoms in total. The van der Waals surface area contributed by atoms with E-state index < -0.39 is 5.97 Å². The maximum Gasteiger partial charge on any atom is 0.307 e. The summed E-state index contributed by atoms with van der Waals surface area (Å²) in [5, 5.41) is 8.88. The topological polar surface area (TPSA) is 89.3 Å². The maximum atomic E-state index is 10.4. The summed E-state index contributed by atoms with van der Waals surface area (Å²) >= 11 is 5.75. The number of carboxylic acid groups (broad SMARTS) is 1. The second-order valence-electron chi connectivity index (χ2n) is 2.60. The molecule has 0 unspecified atom stereocenters. The van der Waals surface area contributed by atoms with Crippen LogP contribution in [-0.2, 0) is 11.2 Å². The lowest BCUT2D eigenvalue weighted by Crippen LogP contribution is -2.06. The first-order chi connectivity index (χ1) is 6.02. The average Bonchev–Trinajstić information content (AvgIpc) is 2.05. The van der Waals surface area contributed by atoms with E-state index in [0.29, 0.717) is 16.3 Å². The van der Waals surface area contributed by atoms with E-state index in [1.165, 1.54) is 6.07 Å². The van der Waals surface area contributed by atoms with Crippen molar-refractivity contribution in [2.45, 2.75) is 6.42 Å². The molecule has 0 aliphatic carbocycles. The van der Waals surface area contributed by atoms with Crippen molar-refractivity contribution < 1.29 is 9.90 Å². The van der Waals surface area contributed by atoms with Gasteiger partial charge in [0.05, 0.1) is 17.8 Å². The van der Waals surface area contributed by atoms with Crippen molar-refractivity contribution in [1.82, 2.24) is 0 Å². The first-order valence-corrected chi connectivity index (χ1v) is 3.94. The number of anilines is 2. The molecule has 13 heavy (non-hydrogen) atoms. The van der Waals surface area contributed by atoms with Crippen LogP contribution < -0.4 is 11.5 Å². The molecule has 0 fully saturated rings. The summed E-state index contributed by atoms with van der Waals surface area (Å²) in [5.74, 6) is -0.987. The molecule has 5 N–H and O–H groups in total. The largest absolute Gasteiger partial charge is 0.481 e. The zero-order chi connectivity index (χ0) is 10.0. The third-order valence-electron chi connectivity index (χ3n) is 1.66. The second kappa shape index (κ2) is 3.53. The molecular weight excluding hydrogens is 192 g/mol. The van der Waals surface area contributed by atoms with Crippen LogP contribution in [0.4, 0.5) is 11.4 Å². The predicted molar refractivity (Wildman–Crippen MR) is 51.6 cm³/mol. The molecule has 5 heteroatoms. The fourth-order valence-corrected chi connectivity index (χ4v) is 1.22. The molecule has 0 bridgehead atoms. The number of aliphatic carboxylic acids is 1. The molecule has 0 spiro atoms. The summed E-state index contributed by atoms with van der Waals surface area (Å²) in [7, 11) is 0. The highest BCUT2D eigenvalue weighted by Crippen LogP contribution is 2.27. The Morgan fingerprint density at radius 2 is 2.08 bits per heavy atom. The van der Waals surface area contributed by atoms with E-state index in [9.17, 15) is 4.79 Å². The molecule has 1 aromatic rings. The van der Waals surface area contributed by atoms with Gasteiger partial charge in [-0.2, -0.15) is 0 Å². The van der Waals surface area contributed by atoms with E-state index in [-0.39, 0.29) is 12.1 Å². The number of nitrogens with two attached hydrogens (primary N) is 2. The number of carboxylic acids is 1. The van der Waals surface area contributed by atoms with Crippen LogP contribution in [0.5, 0.6) is 0 Å². The molecule has 0 saturated heterocycles. The van der Waals surface area contributed by atoms with E-state index in [4.69, 9.17) is 28.2 Å². The monoisotopic (exact) mass is 200 g/mol. The van der Waals surface area contributed by atoms with E-state index in [1.54, 1.807) is 6.07 Å². The van der Waals surface area contributed by atoms with Gasteiger partial charge in [0.2, 0.25) is 0 Å². The quantitative estimate of drug-likeness (QED) is 0.625. The lowest BCUT2D eigenvalue weighted by Gasteiger charge is -2.07. The summed E-state index contributed by atoms with van der Waals surface area (Å²) in [6.07, 6.45) is -0.213. The number of nitrogen functional groups attached to an aromatic ring is 2. The SMILES string of the molecule is Nc1ccc(Cl)c(CC(=O)O)c1N. The highest BCUT2D eigenvalue weighted by molar-refractivity contribution is 6.32. The minimum atomic E-state index is -0.987. The first kappa shape index (κ1) is 9.67. The molecule has 0 heterocycles. The zero-order valence-corrected chi connectivity index (χ0v) is 7.51. The van der Waals surface area contributed by atoms with Crippen molar-refractivity contribution in [3.05, 3.63) is 22.7 Å². The van der Waals surface area contributed by atoms with Crippen LogP contribution in [0, 0.1) is 0 Å². The van der Waals surface area contributed by atoms with Crippen molar-refractivity contribution in [3.8, 4) is 0 Å². The lowest BCUT2D eigenvalue weighted by atomic mass is 10.1. The summed E-state index contributed by atoms with van der Waals surface area (Å²) in [6.45, 7) is 0. The molecule has 0 radical (unpaired) electrons. The molecule has 0 aromatic heterocycles. The van der Waals surface area contributed by atoms with E-state index >= 15 is 0 Å². The minimum Gasteiger partial charge on any atom is -0.481 e. The predicted octanol–water partition coefficient (Wildman–Crippen LogP) is 1.13. The first-order valence-electron chi connectivity index (χ1n) is 3.56. The van der Waals surface area contributed by atoms with Crippen molar-refractivity contribution >= 4 is 28.9 Å². The van der Waals surface area contributed by atoms with Crippen LogP contribution in [-0.4, -0.2) is 11.1 Å². The van der Waals surface area contributed by atoms with Gasteiger partial charge in [-0.3, -0.25) is 4.79 Å². The Bertz CT molecular complexity index is 352. The number of hydrogen-bond donors (Lipinski definition) is 3. The number of hydrogen-bond acceptors (Lipinski definition) is 3. The fourth-order valence-electron chi connectivity index (χ4n) is 0.987. The Morgan fingerprint density at radius 1 is 1.46 bits per heavy atom. The van der Waals surface area contributed by atoms with Gasteiger partial charge in [0.1, 0.15) is 0 Å². The molecule has 1 aromatic carbocycles. The number of benzene rings is 1. The highest BCUT2D eigenvalue weighted by atomic mass is 35.5. The molecular formula is C8H9ClN2O2. The van der Waals surface area contributed by atoms with E-state index in [1.807, 2.05) is 0 Å². The Hall–Kier alpha value is -1.42. The van der Waals surface area contributed by atoms with Crippen molar-refractivity contribution in [3.63, 3.8) is 0 Å². The van der Waals surface area contributed by atoms with Gasteiger partial charge < -0.3 is 16.6 Å². The molecule has 0 saturated carbocycles. The maximum absolute atomic E-state index is 10.4. The van der Waals surface area contributed by atoms with Gasteiger partial charge in [0.15, 0.2) is 0 Å². The van der Waals surface area contributed by atoms with Crippen molar-refractivity contribution in [2.24, 2.45) is 0 Å². The summed E-state index contributed by atoms with van der Waals surface area (Å²) in [4.78, 5) is 10.4. The standard InChI is InChI=1S/C8H9ClN2O2/c9-5-1-2-6(10)8(11)4(5)3-7(12)13/h1-2H,3,10-11H2,(H,12,13). The lowest BCUT2D eigenvalue weighted by molar-refractivity contribution is -0.136. The van der Waals surface area contributed by atoms with Gasteiger partial charge in [0.25, 0.3) is 0 Å². The molecule has 0 amide bonds. The minimum absolute atomic E-state index is 0.213. The van der Waals surface area contributed by atoms with Gasteiger partial charge in [-0.1, -0.05) is 11.6 Å². The highest BCUT2D eigenvalue weighted by Gasteiger charge is 2.10. The summed E-state index contributed by atoms with van der Waals surface area (Å²) in [6, 6.07) is 3.08. The Morgan fingerprint density at radius 3 is 2.62 bits per heavy atom. The summed E-state index contributed by atoms with van der Waals surface area (Å²) < 4.78 is 0. The van der Waals surface area contributed by atoms with Crippen LogP contribution in [0.15, 0.2) is 12.1 Å². The average molecular weight is 201 g/mol. The smallest absolute Gasteiger partial charge is 0.307 e. The molecule has 1 rings (SSSR count). The zero-order valence-electron chi connectivity index (χ0n) is 6.75. The number of carbonyl (C=O) groups is 1. The van der Waals surface area contributed by atoms with Crippen LogP contribution in [0.25, 0.3) is 0 Å². The molecule has 70 valence electrons. The Kier molecular flexibility index (Phi) is 2.63. The van der Waals surface area contributed by atoms with Gasteiger partial charge in [-0.25, -0.2) is 0 Å². The van der Waals surface area contributed by atoms with Crippen molar-refractivity contribution in [2.75, 3.05) is 11.5 Å². The molecule has 0 atom stereocenters. The van der Waals surface area contributed by atoms with E-state index in [0.717, 1.165) is 0 Å². The van der Waals surface area contributed by atoms with Gasteiger partial charge in [0, 0.05) is 10.6 Å². The van der Waals surface area contributed by atoms with Gasteiger partial charge in [-0.15, -0.1) is 0 Å². The second-order valence-corrected chi connectivity index (χ2v) is 3.01. The fraction of sp³-hybridized carbons (Fsp3) is 0.125. The van der Waals surface area contributed by atoms with Gasteiger partial charge in [-0.05, 0) is 12.1 Å². The summed E-state index contributed by atoms with van der Waals surface area (Å²) in [5.41, 5.74) is 12.0. The van der Waals surface area contributed by atoms with Crippen LogP contribution in [0.1, 0.15) is 5.56 Å². The Balaban J connectivity index is 3.17. The Labute approximate surface area is 80.1 Å². The molecule has 0 aliphatic rings. The van der Waals surface area contributed by atoms with Crippen LogP contribution in [0.3, 0.4) is 0 Å². The number of halogens is 1. The van der Waals surface area contributed by atoms with E-state index in [2.05, 4.69) is 0 Å². The van der Waals surface area contributed by atoms with Crippen molar-refractivity contribution in [1.29, 1.82) is 0 Å². The van der Waals surface area contributed by atoms with Crippen LogP contribution >= 0.6 is 11.6 Å². The normalized spacial score (nSPS) is 9.92. The van der Waals surface area contributed by atoms with Crippen LogP contribution in [0.2, 0.25) is 5.02 Å².